The van der Waals surface area contributed by atoms with Gasteiger partial charge < -0.3 is 10.6 Å². The molecular weight excluding hydrogens is 449 g/mol. The number of fused-ring (bicyclic) bond motifs is 1. The lowest BCUT2D eigenvalue weighted by molar-refractivity contribution is -0.126. The molecule has 1 atom stereocenters. The van der Waals surface area contributed by atoms with E-state index in [0.29, 0.717) is 27.4 Å². The van der Waals surface area contributed by atoms with Crippen LogP contribution in [0.3, 0.4) is 0 Å². The largest absolute Gasteiger partial charge is 0.356 e. The lowest BCUT2D eigenvalue weighted by Crippen LogP contribution is -2.60. The lowest BCUT2D eigenvalue weighted by atomic mass is 9.96. The van der Waals surface area contributed by atoms with Crippen LogP contribution in [0.25, 0.3) is 0 Å². The van der Waals surface area contributed by atoms with Crippen molar-refractivity contribution in [2.24, 2.45) is 0 Å². The standard InChI is InChI=1S/C22H22FN5O2S2/c1-13(18(29)28-17-7-5-4-6-16(17)25-19(30)22(28,2)3)31-21-27-26-20(32-21)24-12-14-8-10-15(23)11-9-14/h4-11,13H,12H2,1-3H3,(H,24,26)(H,25,30)/t13-/m1/s1. The Morgan fingerprint density at radius 1 is 1.22 bits per heavy atom. The lowest BCUT2D eigenvalue weighted by Gasteiger charge is -2.42. The van der Waals surface area contributed by atoms with Gasteiger partial charge in [-0.3, -0.25) is 14.5 Å². The molecule has 2 heterocycles. The predicted molar refractivity (Wildman–Crippen MR) is 126 cm³/mol. The minimum absolute atomic E-state index is 0.182. The van der Waals surface area contributed by atoms with Gasteiger partial charge in [-0.15, -0.1) is 10.2 Å². The number of para-hydroxylation sites is 2. The van der Waals surface area contributed by atoms with E-state index >= 15 is 0 Å². The Balaban J connectivity index is 1.45. The first-order valence-corrected chi connectivity index (χ1v) is 11.7. The molecule has 2 N–H and O–H groups in total. The molecule has 0 unspecified atom stereocenters. The zero-order chi connectivity index (χ0) is 22.9. The Morgan fingerprint density at radius 3 is 2.69 bits per heavy atom. The molecule has 32 heavy (non-hydrogen) atoms. The maximum absolute atomic E-state index is 13.4. The molecule has 7 nitrogen and oxygen atoms in total. The first kappa shape index (κ1) is 22.2. The van der Waals surface area contributed by atoms with E-state index in [1.54, 1.807) is 43.9 Å². The van der Waals surface area contributed by atoms with E-state index in [0.717, 1.165) is 5.56 Å². The van der Waals surface area contributed by atoms with Crippen molar-refractivity contribution < 1.29 is 14.0 Å². The Kier molecular flexibility index (Phi) is 6.16. The number of nitrogens with one attached hydrogen (secondary N) is 2. The minimum atomic E-state index is -1.02. The van der Waals surface area contributed by atoms with E-state index in [1.807, 2.05) is 18.2 Å². The summed E-state index contributed by atoms with van der Waals surface area (Å²) in [5.41, 5.74) is 1.19. The third-order valence-electron chi connectivity index (χ3n) is 5.12. The predicted octanol–water partition coefficient (Wildman–Crippen LogP) is 4.53. The SMILES string of the molecule is C[C@@H](Sc1nnc(NCc2ccc(F)cc2)s1)C(=O)N1c2ccccc2NC(=O)C1(C)C. The fraction of sp³-hybridized carbons (Fsp3) is 0.273. The van der Waals surface area contributed by atoms with Crippen molar-refractivity contribution in [3.05, 3.63) is 59.9 Å². The van der Waals surface area contributed by atoms with E-state index in [-0.39, 0.29) is 17.6 Å². The van der Waals surface area contributed by atoms with Crippen LogP contribution < -0.4 is 15.5 Å². The second kappa shape index (κ2) is 8.87. The number of amides is 2. The number of anilines is 3. The van der Waals surface area contributed by atoms with E-state index in [2.05, 4.69) is 20.8 Å². The highest BCUT2D eigenvalue weighted by molar-refractivity contribution is 8.02. The molecule has 0 fully saturated rings. The third-order valence-corrected chi connectivity index (χ3v) is 7.17. The summed E-state index contributed by atoms with van der Waals surface area (Å²) >= 11 is 2.64. The monoisotopic (exact) mass is 471 g/mol. The molecule has 166 valence electrons. The van der Waals surface area contributed by atoms with Crippen LogP contribution in [0.5, 0.6) is 0 Å². The second-order valence-corrected chi connectivity index (χ2v) is 10.4. The molecule has 2 amide bonds. The maximum atomic E-state index is 13.4. The van der Waals surface area contributed by atoms with Crippen LogP contribution in [-0.2, 0) is 16.1 Å². The van der Waals surface area contributed by atoms with Crippen molar-refractivity contribution in [2.75, 3.05) is 15.5 Å². The molecule has 4 rings (SSSR count). The number of carbonyl (C=O) groups excluding carboxylic acids is 2. The quantitative estimate of drug-likeness (QED) is 0.514. The zero-order valence-corrected chi connectivity index (χ0v) is 19.4. The van der Waals surface area contributed by atoms with Crippen LogP contribution in [0.4, 0.5) is 20.9 Å². The molecule has 0 saturated heterocycles. The Labute approximate surface area is 193 Å². The van der Waals surface area contributed by atoms with Gasteiger partial charge in [0.25, 0.3) is 0 Å². The van der Waals surface area contributed by atoms with Crippen LogP contribution in [0.15, 0.2) is 52.9 Å². The first-order chi connectivity index (χ1) is 15.3. The normalized spacial score (nSPS) is 15.6. The number of aromatic nitrogens is 2. The van der Waals surface area contributed by atoms with Gasteiger partial charge in [-0.2, -0.15) is 0 Å². The summed E-state index contributed by atoms with van der Waals surface area (Å²) in [5, 5.41) is 14.4. The summed E-state index contributed by atoms with van der Waals surface area (Å²) in [4.78, 5) is 27.6. The molecule has 3 aromatic rings. The van der Waals surface area contributed by atoms with Crippen LogP contribution in [0, 0.1) is 5.82 Å². The van der Waals surface area contributed by atoms with Gasteiger partial charge in [-0.05, 0) is 50.6 Å². The van der Waals surface area contributed by atoms with Crippen LogP contribution in [0.2, 0.25) is 0 Å². The van der Waals surface area contributed by atoms with Crippen molar-refractivity contribution >= 4 is 51.4 Å². The highest BCUT2D eigenvalue weighted by Gasteiger charge is 2.44. The molecule has 0 aliphatic carbocycles. The maximum Gasteiger partial charge on any atom is 0.250 e. The second-order valence-electron chi connectivity index (χ2n) is 7.82. The summed E-state index contributed by atoms with van der Waals surface area (Å²) in [5.74, 6) is -0.692. The van der Waals surface area contributed by atoms with E-state index < -0.39 is 10.8 Å². The van der Waals surface area contributed by atoms with Gasteiger partial charge in [-0.25, -0.2) is 4.39 Å². The average Bonchev–Trinajstić information content (AvgIpc) is 3.21. The van der Waals surface area contributed by atoms with Gasteiger partial charge in [0.15, 0.2) is 4.34 Å². The highest BCUT2D eigenvalue weighted by Crippen LogP contribution is 2.39. The smallest absolute Gasteiger partial charge is 0.250 e. The number of nitrogens with zero attached hydrogens (tertiary/aromatic N) is 3. The number of carbonyl (C=O) groups is 2. The molecule has 0 spiro atoms. The van der Waals surface area contributed by atoms with Gasteiger partial charge in [0.05, 0.1) is 16.6 Å². The summed E-state index contributed by atoms with van der Waals surface area (Å²) in [6.45, 7) is 5.75. The van der Waals surface area contributed by atoms with Crippen molar-refractivity contribution in [1.29, 1.82) is 0 Å². The fourth-order valence-corrected chi connectivity index (χ4v) is 5.27. The zero-order valence-electron chi connectivity index (χ0n) is 17.8. The molecule has 10 heteroatoms. The van der Waals surface area contributed by atoms with Gasteiger partial charge >= 0.3 is 0 Å². The van der Waals surface area contributed by atoms with E-state index in [1.165, 1.54) is 35.2 Å². The topological polar surface area (TPSA) is 87.2 Å². The number of benzene rings is 2. The van der Waals surface area contributed by atoms with Crippen LogP contribution in [0.1, 0.15) is 26.3 Å². The first-order valence-electron chi connectivity index (χ1n) is 9.99. The van der Waals surface area contributed by atoms with E-state index in [4.69, 9.17) is 0 Å². The number of rotatable bonds is 6. The van der Waals surface area contributed by atoms with Gasteiger partial charge in [0.1, 0.15) is 11.4 Å². The summed E-state index contributed by atoms with van der Waals surface area (Å²) in [7, 11) is 0. The molecule has 1 aromatic heterocycles. The molecule has 0 saturated carbocycles. The molecule has 1 aliphatic heterocycles. The summed E-state index contributed by atoms with van der Waals surface area (Å²) < 4.78 is 13.7. The van der Waals surface area contributed by atoms with Crippen molar-refractivity contribution in [1.82, 2.24) is 10.2 Å². The van der Waals surface area contributed by atoms with Crippen LogP contribution >= 0.6 is 23.1 Å². The average molecular weight is 472 g/mol. The molecule has 0 radical (unpaired) electrons. The molecule has 1 aliphatic rings. The minimum Gasteiger partial charge on any atom is -0.356 e. The fourth-order valence-electron chi connectivity index (χ4n) is 3.34. The number of hydrogen-bond acceptors (Lipinski definition) is 7. The number of halogens is 1. The van der Waals surface area contributed by atoms with E-state index in [9.17, 15) is 14.0 Å². The van der Waals surface area contributed by atoms with Gasteiger partial charge in [-0.1, -0.05) is 47.4 Å². The number of hydrogen-bond donors (Lipinski definition) is 2. The highest BCUT2D eigenvalue weighted by atomic mass is 32.2. The Bertz CT molecular complexity index is 1150. The molecule has 0 bridgehead atoms. The van der Waals surface area contributed by atoms with Crippen LogP contribution in [-0.4, -0.2) is 32.8 Å². The van der Waals surface area contributed by atoms with Gasteiger partial charge in [0, 0.05) is 6.54 Å². The van der Waals surface area contributed by atoms with Crippen molar-refractivity contribution in [3.8, 4) is 0 Å². The molecule has 2 aromatic carbocycles. The Hall–Kier alpha value is -2.98. The van der Waals surface area contributed by atoms with Gasteiger partial charge in [0.2, 0.25) is 16.9 Å². The Morgan fingerprint density at radius 2 is 1.94 bits per heavy atom. The van der Waals surface area contributed by atoms with Crippen molar-refractivity contribution in [3.63, 3.8) is 0 Å². The third kappa shape index (κ3) is 4.46. The van der Waals surface area contributed by atoms with Crippen molar-refractivity contribution in [2.45, 2.75) is 42.4 Å². The number of thioether (sulfide) groups is 1. The molecular formula is C22H22FN5O2S2. The summed E-state index contributed by atoms with van der Waals surface area (Å²) in [6, 6.07) is 13.5. The summed E-state index contributed by atoms with van der Waals surface area (Å²) in [6.07, 6.45) is 0.